The number of hydrogen-bond donors (Lipinski definition) is 1. The van der Waals surface area contributed by atoms with Gasteiger partial charge in [0.25, 0.3) is 0 Å². The summed E-state index contributed by atoms with van der Waals surface area (Å²) in [6.07, 6.45) is 2.64. The van der Waals surface area contributed by atoms with Crippen molar-refractivity contribution in [3.05, 3.63) is 36.4 Å². The Bertz CT molecular complexity index is 348. The summed E-state index contributed by atoms with van der Waals surface area (Å²) in [6.45, 7) is 6.19. The molecule has 0 spiro atoms. The van der Waals surface area contributed by atoms with Crippen LogP contribution in [0, 0.1) is 0 Å². The van der Waals surface area contributed by atoms with Gasteiger partial charge in [0.15, 0.2) is 0 Å². The van der Waals surface area contributed by atoms with Crippen LogP contribution in [0.3, 0.4) is 0 Å². The van der Waals surface area contributed by atoms with Gasteiger partial charge in [-0.15, -0.1) is 6.58 Å². The lowest BCUT2D eigenvalue weighted by Crippen LogP contribution is -2.08. The van der Waals surface area contributed by atoms with E-state index in [1.807, 2.05) is 31.2 Å². The van der Waals surface area contributed by atoms with E-state index in [1.54, 1.807) is 7.11 Å². The fourth-order valence-electron chi connectivity index (χ4n) is 1.40. The third kappa shape index (κ3) is 3.28. The molecule has 0 aliphatic carbocycles. The quantitative estimate of drug-likeness (QED) is 0.593. The fourth-order valence-corrected chi connectivity index (χ4v) is 1.40. The van der Waals surface area contributed by atoms with Crippen LogP contribution in [-0.4, -0.2) is 13.7 Å². The van der Waals surface area contributed by atoms with E-state index in [-0.39, 0.29) is 6.04 Å². The van der Waals surface area contributed by atoms with Crippen molar-refractivity contribution in [1.82, 2.24) is 0 Å². The Morgan fingerprint density at radius 1 is 1.50 bits per heavy atom. The van der Waals surface area contributed by atoms with E-state index >= 15 is 0 Å². The van der Waals surface area contributed by atoms with Gasteiger partial charge < -0.3 is 15.2 Å². The second-order valence-corrected chi connectivity index (χ2v) is 3.62. The van der Waals surface area contributed by atoms with Crippen LogP contribution in [0.4, 0.5) is 0 Å². The molecule has 0 radical (unpaired) electrons. The number of nitrogens with two attached hydrogens (primary N) is 1. The molecule has 0 unspecified atom stereocenters. The van der Waals surface area contributed by atoms with E-state index in [0.29, 0.717) is 6.61 Å². The molecule has 0 amide bonds. The van der Waals surface area contributed by atoms with E-state index in [4.69, 9.17) is 15.2 Å². The highest BCUT2D eigenvalue weighted by Crippen LogP contribution is 2.28. The van der Waals surface area contributed by atoms with Crippen LogP contribution in [0.25, 0.3) is 0 Å². The van der Waals surface area contributed by atoms with Gasteiger partial charge in [-0.1, -0.05) is 12.1 Å². The summed E-state index contributed by atoms with van der Waals surface area (Å²) in [5.74, 6) is 1.56. The summed E-state index contributed by atoms with van der Waals surface area (Å²) in [5, 5.41) is 0. The van der Waals surface area contributed by atoms with Gasteiger partial charge in [0.05, 0.1) is 13.7 Å². The predicted octanol–water partition coefficient (Wildman–Crippen LogP) is 2.67. The Kier molecular flexibility index (Phi) is 4.86. The zero-order valence-electron chi connectivity index (χ0n) is 9.90. The molecular formula is C13H19NO2. The molecule has 0 saturated heterocycles. The highest BCUT2D eigenvalue weighted by atomic mass is 16.5. The van der Waals surface area contributed by atoms with Crippen molar-refractivity contribution in [1.29, 1.82) is 0 Å². The molecule has 3 nitrogen and oxygen atoms in total. The molecule has 0 bridgehead atoms. The molecule has 1 aromatic carbocycles. The maximum absolute atomic E-state index is 5.87. The molecule has 0 aromatic heterocycles. The second kappa shape index (κ2) is 6.18. The van der Waals surface area contributed by atoms with Crippen molar-refractivity contribution in [3.8, 4) is 11.5 Å². The van der Waals surface area contributed by atoms with Crippen LogP contribution in [-0.2, 0) is 0 Å². The smallest absolute Gasteiger partial charge is 0.127 e. The average Bonchev–Trinajstić information content (AvgIpc) is 2.29. The van der Waals surface area contributed by atoms with Gasteiger partial charge in [-0.2, -0.15) is 0 Å². The third-order valence-electron chi connectivity index (χ3n) is 2.29. The summed E-state index contributed by atoms with van der Waals surface area (Å²) < 4.78 is 10.8. The number of benzene rings is 1. The van der Waals surface area contributed by atoms with E-state index in [0.717, 1.165) is 23.5 Å². The molecule has 1 atom stereocenters. The monoisotopic (exact) mass is 221 g/mol. The van der Waals surface area contributed by atoms with Crippen molar-refractivity contribution in [2.75, 3.05) is 13.7 Å². The van der Waals surface area contributed by atoms with Crippen LogP contribution < -0.4 is 15.2 Å². The molecule has 0 heterocycles. The highest BCUT2D eigenvalue weighted by molar-refractivity contribution is 5.42. The summed E-state index contributed by atoms with van der Waals surface area (Å²) in [5.41, 5.74) is 6.86. The Morgan fingerprint density at radius 2 is 2.25 bits per heavy atom. The Balaban J connectivity index is 2.86. The van der Waals surface area contributed by atoms with Crippen molar-refractivity contribution in [2.24, 2.45) is 5.73 Å². The van der Waals surface area contributed by atoms with Crippen molar-refractivity contribution in [2.45, 2.75) is 19.4 Å². The van der Waals surface area contributed by atoms with Crippen LogP contribution >= 0.6 is 0 Å². The topological polar surface area (TPSA) is 44.5 Å². The van der Waals surface area contributed by atoms with Crippen LogP contribution in [0.5, 0.6) is 11.5 Å². The third-order valence-corrected chi connectivity index (χ3v) is 2.29. The minimum atomic E-state index is -0.0513. The summed E-state index contributed by atoms with van der Waals surface area (Å²) in [6, 6.07) is 5.64. The molecule has 0 aliphatic heterocycles. The first-order chi connectivity index (χ1) is 7.69. The number of ether oxygens (including phenoxy) is 2. The van der Waals surface area contributed by atoms with E-state index in [2.05, 4.69) is 6.58 Å². The first-order valence-electron chi connectivity index (χ1n) is 5.36. The first kappa shape index (κ1) is 12.6. The largest absolute Gasteiger partial charge is 0.497 e. The SMILES string of the molecule is C=CCCOc1cc(OC)ccc1[C@H](C)N. The van der Waals surface area contributed by atoms with Gasteiger partial charge in [0.2, 0.25) is 0 Å². The molecule has 88 valence electrons. The predicted molar refractivity (Wildman–Crippen MR) is 65.9 cm³/mol. The van der Waals surface area contributed by atoms with Gasteiger partial charge >= 0.3 is 0 Å². The van der Waals surface area contributed by atoms with Crippen LogP contribution in [0.1, 0.15) is 24.9 Å². The van der Waals surface area contributed by atoms with Crippen molar-refractivity contribution >= 4 is 0 Å². The lowest BCUT2D eigenvalue weighted by molar-refractivity contribution is 0.317. The molecule has 1 aromatic rings. The Hall–Kier alpha value is -1.48. The van der Waals surface area contributed by atoms with E-state index in [9.17, 15) is 0 Å². The molecule has 0 saturated carbocycles. The zero-order chi connectivity index (χ0) is 12.0. The fraction of sp³-hybridized carbons (Fsp3) is 0.385. The van der Waals surface area contributed by atoms with Gasteiger partial charge in [0.1, 0.15) is 11.5 Å². The summed E-state index contributed by atoms with van der Waals surface area (Å²) >= 11 is 0. The molecule has 16 heavy (non-hydrogen) atoms. The van der Waals surface area contributed by atoms with Crippen LogP contribution in [0.2, 0.25) is 0 Å². The Morgan fingerprint density at radius 3 is 2.81 bits per heavy atom. The summed E-state index contributed by atoms with van der Waals surface area (Å²) in [4.78, 5) is 0. The lowest BCUT2D eigenvalue weighted by Gasteiger charge is -2.14. The summed E-state index contributed by atoms with van der Waals surface area (Å²) in [7, 11) is 1.63. The number of methoxy groups -OCH3 is 1. The van der Waals surface area contributed by atoms with E-state index < -0.39 is 0 Å². The molecule has 1 rings (SSSR count). The second-order valence-electron chi connectivity index (χ2n) is 3.62. The molecule has 3 heteroatoms. The minimum absolute atomic E-state index is 0.0513. The first-order valence-corrected chi connectivity index (χ1v) is 5.36. The van der Waals surface area contributed by atoms with Gasteiger partial charge in [-0.25, -0.2) is 0 Å². The maximum Gasteiger partial charge on any atom is 0.127 e. The number of hydrogen-bond acceptors (Lipinski definition) is 3. The van der Waals surface area contributed by atoms with Crippen molar-refractivity contribution in [3.63, 3.8) is 0 Å². The van der Waals surface area contributed by atoms with Crippen molar-refractivity contribution < 1.29 is 9.47 Å². The van der Waals surface area contributed by atoms with Gasteiger partial charge in [-0.05, 0) is 19.4 Å². The normalized spacial score (nSPS) is 11.9. The molecular weight excluding hydrogens is 202 g/mol. The zero-order valence-corrected chi connectivity index (χ0v) is 9.90. The highest BCUT2D eigenvalue weighted by Gasteiger charge is 2.09. The average molecular weight is 221 g/mol. The minimum Gasteiger partial charge on any atom is -0.497 e. The Labute approximate surface area is 96.9 Å². The lowest BCUT2D eigenvalue weighted by atomic mass is 10.1. The number of rotatable bonds is 6. The molecule has 0 fully saturated rings. The standard InChI is InChI=1S/C13H19NO2/c1-4-5-8-16-13-9-11(15-3)6-7-12(13)10(2)14/h4,6-7,9-10H,1,5,8,14H2,2-3H3/t10-/m0/s1. The van der Waals surface area contributed by atoms with E-state index in [1.165, 1.54) is 0 Å². The maximum atomic E-state index is 5.87. The molecule has 2 N–H and O–H groups in total. The van der Waals surface area contributed by atoms with Crippen LogP contribution in [0.15, 0.2) is 30.9 Å². The molecule has 0 aliphatic rings. The van der Waals surface area contributed by atoms with Gasteiger partial charge in [-0.3, -0.25) is 0 Å². The van der Waals surface area contributed by atoms with Gasteiger partial charge in [0, 0.05) is 17.7 Å².